The molecule has 1 aliphatic heterocycles. The summed E-state index contributed by atoms with van der Waals surface area (Å²) in [4.78, 5) is 17.6. The summed E-state index contributed by atoms with van der Waals surface area (Å²) in [5, 5.41) is 7.47. The first-order valence-electron chi connectivity index (χ1n) is 6.84. The quantitative estimate of drug-likeness (QED) is 0.821. The number of methoxy groups -OCH3 is 1. The van der Waals surface area contributed by atoms with Crippen molar-refractivity contribution in [3.05, 3.63) is 34.9 Å². The number of ether oxygens (including phenoxy) is 1. The highest BCUT2D eigenvalue weighted by atomic mass is 35.5. The minimum atomic E-state index is -0.985. The molecule has 0 spiro atoms. The molecule has 1 heterocycles. The molecule has 6 heteroatoms. The van der Waals surface area contributed by atoms with Crippen LogP contribution in [0.1, 0.15) is 25.3 Å². The number of hydrogen-bond acceptors (Lipinski definition) is 4. The fourth-order valence-corrected chi connectivity index (χ4v) is 2.35. The Morgan fingerprint density at radius 3 is 3.00 bits per heavy atom. The number of halogens is 1. The highest BCUT2D eigenvalue weighted by Gasteiger charge is 2.42. The van der Waals surface area contributed by atoms with Crippen LogP contribution < -0.4 is 5.32 Å². The Kier molecular flexibility index (Phi) is 5.20. The van der Waals surface area contributed by atoms with E-state index in [1.807, 2.05) is 18.2 Å². The zero-order chi connectivity index (χ0) is 15.3. The molecule has 0 aromatic heterocycles. The minimum Gasteiger partial charge on any atom is -0.385 e. The summed E-state index contributed by atoms with van der Waals surface area (Å²) in [6, 6.07) is 7.39. The summed E-state index contributed by atoms with van der Waals surface area (Å²) in [5.74, 6) is -0.176. The molecule has 0 bridgehead atoms. The van der Waals surface area contributed by atoms with Crippen molar-refractivity contribution in [3.8, 4) is 0 Å². The van der Waals surface area contributed by atoms with Crippen molar-refractivity contribution < 1.29 is 14.4 Å². The number of rotatable bonds is 6. The zero-order valence-electron chi connectivity index (χ0n) is 12.2. The topological polar surface area (TPSA) is 59.9 Å². The number of benzene rings is 1. The maximum absolute atomic E-state index is 12.2. The van der Waals surface area contributed by atoms with Gasteiger partial charge in [-0.3, -0.25) is 4.79 Å². The lowest BCUT2D eigenvalue weighted by atomic mass is 9.95. The molecule has 1 N–H and O–H groups in total. The fraction of sp³-hybridized carbons (Fsp3) is 0.467. The van der Waals surface area contributed by atoms with Gasteiger partial charge in [-0.2, -0.15) is 0 Å². The molecule has 0 unspecified atom stereocenters. The first-order chi connectivity index (χ1) is 10.1. The van der Waals surface area contributed by atoms with Crippen LogP contribution in [0.4, 0.5) is 0 Å². The Balaban J connectivity index is 1.96. The predicted octanol–water partition coefficient (Wildman–Crippen LogP) is 2.38. The van der Waals surface area contributed by atoms with Crippen molar-refractivity contribution >= 4 is 23.2 Å². The smallest absolute Gasteiger partial charge is 0.267 e. The Morgan fingerprint density at radius 2 is 2.29 bits per heavy atom. The summed E-state index contributed by atoms with van der Waals surface area (Å²) in [7, 11) is 1.63. The number of nitrogens with zero attached hydrogens (tertiary/aromatic N) is 1. The predicted molar refractivity (Wildman–Crippen MR) is 81.6 cm³/mol. The molecule has 0 radical (unpaired) electrons. The summed E-state index contributed by atoms with van der Waals surface area (Å²) < 4.78 is 4.94. The van der Waals surface area contributed by atoms with E-state index in [1.165, 1.54) is 0 Å². The third kappa shape index (κ3) is 3.74. The van der Waals surface area contributed by atoms with Gasteiger partial charge < -0.3 is 14.9 Å². The summed E-state index contributed by atoms with van der Waals surface area (Å²) in [6.45, 7) is 2.89. The van der Waals surface area contributed by atoms with E-state index < -0.39 is 5.60 Å². The summed E-state index contributed by atoms with van der Waals surface area (Å²) in [6.07, 6.45) is 1.16. The molecule has 0 aliphatic carbocycles. The van der Waals surface area contributed by atoms with Crippen molar-refractivity contribution in [3.63, 3.8) is 0 Å². The molecule has 21 heavy (non-hydrogen) atoms. The van der Waals surface area contributed by atoms with Gasteiger partial charge in [0.15, 0.2) is 0 Å². The van der Waals surface area contributed by atoms with Crippen molar-refractivity contribution in [2.24, 2.45) is 5.16 Å². The van der Waals surface area contributed by atoms with Crippen LogP contribution in [-0.2, 0) is 14.4 Å². The molecule has 0 fully saturated rings. The van der Waals surface area contributed by atoms with Gasteiger partial charge in [-0.05, 0) is 19.4 Å². The van der Waals surface area contributed by atoms with E-state index in [9.17, 15) is 4.79 Å². The number of amides is 1. The highest BCUT2D eigenvalue weighted by molar-refractivity contribution is 6.34. The first-order valence-corrected chi connectivity index (χ1v) is 7.22. The molecule has 114 valence electrons. The number of oxime groups is 1. The molecule has 1 aliphatic rings. The van der Waals surface area contributed by atoms with Gasteiger partial charge in [-0.15, -0.1) is 0 Å². The van der Waals surface area contributed by atoms with E-state index in [4.69, 9.17) is 21.2 Å². The SMILES string of the molecule is COCCCNC(=O)[C@]1(C)CC(c2ccccc2Cl)=NO1. The average Bonchev–Trinajstić information content (AvgIpc) is 2.87. The van der Waals surface area contributed by atoms with Crippen LogP contribution in [0.15, 0.2) is 29.4 Å². The van der Waals surface area contributed by atoms with Crippen LogP contribution in [0, 0.1) is 0 Å². The largest absolute Gasteiger partial charge is 0.385 e. The van der Waals surface area contributed by atoms with Crippen LogP contribution in [0.25, 0.3) is 0 Å². The molecule has 1 aromatic rings. The van der Waals surface area contributed by atoms with E-state index in [0.29, 0.717) is 30.3 Å². The van der Waals surface area contributed by atoms with Gasteiger partial charge in [-0.1, -0.05) is 35.0 Å². The van der Waals surface area contributed by atoms with Crippen LogP contribution in [0.5, 0.6) is 0 Å². The van der Waals surface area contributed by atoms with E-state index in [-0.39, 0.29) is 5.91 Å². The molecule has 1 aromatic carbocycles. The Labute approximate surface area is 129 Å². The van der Waals surface area contributed by atoms with Crippen LogP contribution in [0.2, 0.25) is 5.02 Å². The summed E-state index contributed by atoms with van der Waals surface area (Å²) >= 11 is 6.14. The van der Waals surface area contributed by atoms with Crippen LogP contribution in [-0.4, -0.2) is 37.5 Å². The standard InChI is InChI=1S/C15H19ClN2O3/c1-15(14(19)17-8-5-9-20-2)10-13(18-21-15)11-6-3-4-7-12(11)16/h3-4,6-7H,5,8-10H2,1-2H3,(H,17,19)/t15-/m0/s1. The summed E-state index contributed by atoms with van der Waals surface area (Å²) in [5.41, 5.74) is 0.506. The van der Waals surface area contributed by atoms with E-state index >= 15 is 0 Å². The molecular weight excluding hydrogens is 292 g/mol. The Hall–Kier alpha value is -1.59. The van der Waals surface area contributed by atoms with E-state index in [1.54, 1.807) is 20.1 Å². The molecule has 0 saturated carbocycles. The lowest BCUT2D eigenvalue weighted by molar-refractivity contribution is -0.141. The zero-order valence-corrected chi connectivity index (χ0v) is 12.9. The minimum absolute atomic E-state index is 0.176. The van der Waals surface area contributed by atoms with E-state index in [2.05, 4.69) is 10.5 Å². The Morgan fingerprint density at radius 1 is 1.52 bits per heavy atom. The second-order valence-electron chi connectivity index (χ2n) is 5.12. The van der Waals surface area contributed by atoms with Crippen LogP contribution >= 0.6 is 11.6 Å². The molecule has 1 amide bonds. The van der Waals surface area contributed by atoms with Gasteiger partial charge in [-0.25, -0.2) is 0 Å². The lowest BCUT2D eigenvalue weighted by Crippen LogP contribution is -2.45. The molecule has 2 rings (SSSR count). The Bertz CT molecular complexity index is 547. The van der Waals surface area contributed by atoms with Gasteiger partial charge in [0.2, 0.25) is 5.60 Å². The second kappa shape index (κ2) is 6.91. The third-order valence-electron chi connectivity index (χ3n) is 3.34. The molecule has 1 atom stereocenters. The van der Waals surface area contributed by atoms with Crippen molar-refractivity contribution in [2.75, 3.05) is 20.3 Å². The number of nitrogens with one attached hydrogen (secondary N) is 1. The lowest BCUT2D eigenvalue weighted by Gasteiger charge is -2.20. The van der Waals surface area contributed by atoms with Gasteiger partial charge >= 0.3 is 0 Å². The number of hydrogen-bond donors (Lipinski definition) is 1. The molecular formula is C15H19ClN2O3. The third-order valence-corrected chi connectivity index (χ3v) is 3.67. The fourth-order valence-electron chi connectivity index (χ4n) is 2.11. The first kappa shape index (κ1) is 15.8. The normalized spacial score (nSPS) is 20.8. The second-order valence-corrected chi connectivity index (χ2v) is 5.53. The highest BCUT2D eigenvalue weighted by Crippen LogP contribution is 2.29. The van der Waals surface area contributed by atoms with Gasteiger partial charge in [0.25, 0.3) is 5.91 Å². The maximum Gasteiger partial charge on any atom is 0.267 e. The van der Waals surface area contributed by atoms with Gasteiger partial charge in [0.1, 0.15) is 0 Å². The van der Waals surface area contributed by atoms with Crippen molar-refractivity contribution in [1.82, 2.24) is 5.32 Å². The van der Waals surface area contributed by atoms with Gasteiger partial charge in [0, 0.05) is 37.3 Å². The van der Waals surface area contributed by atoms with E-state index in [0.717, 1.165) is 12.0 Å². The maximum atomic E-state index is 12.2. The van der Waals surface area contributed by atoms with Crippen LogP contribution in [0.3, 0.4) is 0 Å². The van der Waals surface area contributed by atoms with Gasteiger partial charge in [0.05, 0.1) is 5.71 Å². The molecule has 5 nitrogen and oxygen atoms in total. The van der Waals surface area contributed by atoms with Crippen molar-refractivity contribution in [2.45, 2.75) is 25.4 Å². The molecule has 0 saturated heterocycles. The average molecular weight is 311 g/mol. The number of carbonyl (C=O) groups is 1. The monoisotopic (exact) mass is 310 g/mol. The van der Waals surface area contributed by atoms with Crippen molar-refractivity contribution in [1.29, 1.82) is 0 Å². The number of carbonyl (C=O) groups excluding carboxylic acids is 1.